The van der Waals surface area contributed by atoms with E-state index < -0.39 is 11.5 Å². The monoisotopic (exact) mass is 250 g/mol. The van der Waals surface area contributed by atoms with Crippen LogP contribution < -0.4 is 11.3 Å². The number of hydrogen-bond acceptors (Lipinski definition) is 3. The van der Waals surface area contributed by atoms with E-state index in [9.17, 15) is 14.4 Å². The topological polar surface area (TPSA) is 93.0 Å². The Labute approximate surface area is 105 Å². The minimum Gasteiger partial charge on any atom is -0.365 e. The molecule has 0 saturated heterocycles. The first kappa shape index (κ1) is 14.2. The van der Waals surface area contributed by atoms with Gasteiger partial charge >= 0.3 is 0 Å². The van der Waals surface area contributed by atoms with Crippen LogP contribution in [0.2, 0.25) is 0 Å². The second-order valence-corrected chi connectivity index (χ2v) is 4.88. The normalized spacial score (nSPS) is 11.0. The van der Waals surface area contributed by atoms with Crippen LogP contribution in [0.25, 0.3) is 0 Å². The van der Waals surface area contributed by atoms with Gasteiger partial charge in [0, 0.05) is 17.2 Å². The number of H-pyrrole nitrogens is 1. The summed E-state index contributed by atoms with van der Waals surface area (Å²) >= 11 is 0. The summed E-state index contributed by atoms with van der Waals surface area (Å²) in [5.41, 5.74) is 5.30. The van der Waals surface area contributed by atoms with Crippen LogP contribution >= 0.6 is 0 Å². The highest BCUT2D eigenvalue weighted by Gasteiger charge is 2.21. The van der Waals surface area contributed by atoms with E-state index in [0.717, 1.165) is 0 Å². The maximum Gasteiger partial charge on any atom is 0.261 e. The number of pyridine rings is 1. The SMILES string of the molecule is CC(C)C(=O)c1cc(C(N)=O)c(=O)[nH]c1C(C)C. The lowest BCUT2D eigenvalue weighted by molar-refractivity contribution is 0.0937. The average Bonchev–Trinajstić information content (AvgIpc) is 2.26. The predicted molar refractivity (Wildman–Crippen MR) is 68.8 cm³/mol. The summed E-state index contributed by atoms with van der Waals surface area (Å²) < 4.78 is 0. The van der Waals surface area contributed by atoms with E-state index in [-0.39, 0.29) is 23.2 Å². The van der Waals surface area contributed by atoms with Crippen LogP contribution in [0.5, 0.6) is 0 Å². The van der Waals surface area contributed by atoms with Crippen molar-refractivity contribution in [1.29, 1.82) is 0 Å². The zero-order valence-electron chi connectivity index (χ0n) is 11.0. The summed E-state index contributed by atoms with van der Waals surface area (Å²) in [6, 6.07) is 1.30. The second kappa shape index (κ2) is 5.16. The third kappa shape index (κ3) is 2.67. The van der Waals surface area contributed by atoms with Crippen LogP contribution in [-0.2, 0) is 0 Å². The van der Waals surface area contributed by atoms with Crippen LogP contribution in [0, 0.1) is 5.92 Å². The van der Waals surface area contributed by atoms with Gasteiger partial charge in [0.15, 0.2) is 5.78 Å². The lowest BCUT2D eigenvalue weighted by Crippen LogP contribution is -2.27. The average molecular weight is 250 g/mol. The summed E-state index contributed by atoms with van der Waals surface area (Å²) in [5.74, 6) is -1.17. The van der Waals surface area contributed by atoms with Crippen LogP contribution in [0.4, 0.5) is 0 Å². The number of nitrogens with one attached hydrogen (secondary N) is 1. The lowest BCUT2D eigenvalue weighted by atomic mass is 9.94. The Morgan fingerprint density at radius 1 is 1.17 bits per heavy atom. The molecule has 0 spiro atoms. The molecule has 1 aromatic heterocycles. The Morgan fingerprint density at radius 2 is 1.72 bits per heavy atom. The highest BCUT2D eigenvalue weighted by molar-refractivity contribution is 6.01. The lowest BCUT2D eigenvalue weighted by Gasteiger charge is -2.14. The van der Waals surface area contributed by atoms with Crippen molar-refractivity contribution >= 4 is 11.7 Å². The zero-order valence-corrected chi connectivity index (χ0v) is 11.0. The third-order valence-electron chi connectivity index (χ3n) is 2.70. The smallest absolute Gasteiger partial charge is 0.261 e. The van der Waals surface area contributed by atoms with Crippen molar-refractivity contribution in [2.75, 3.05) is 0 Å². The highest BCUT2D eigenvalue weighted by atomic mass is 16.2. The van der Waals surface area contributed by atoms with Gasteiger partial charge in [0.25, 0.3) is 11.5 Å². The third-order valence-corrected chi connectivity index (χ3v) is 2.70. The molecule has 1 rings (SSSR count). The van der Waals surface area contributed by atoms with E-state index in [2.05, 4.69) is 4.98 Å². The van der Waals surface area contributed by atoms with E-state index in [1.165, 1.54) is 6.07 Å². The van der Waals surface area contributed by atoms with Crippen molar-refractivity contribution in [1.82, 2.24) is 4.98 Å². The number of rotatable bonds is 4. The number of primary amides is 1. The summed E-state index contributed by atoms with van der Waals surface area (Å²) in [6.45, 7) is 7.27. The molecule has 0 aromatic carbocycles. The number of aromatic nitrogens is 1. The Balaban J connectivity index is 3.55. The number of hydrogen-bond donors (Lipinski definition) is 2. The maximum atomic E-state index is 12.1. The highest BCUT2D eigenvalue weighted by Crippen LogP contribution is 2.19. The maximum absolute atomic E-state index is 12.1. The Bertz CT molecular complexity index is 542. The van der Waals surface area contributed by atoms with Gasteiger partial charge in [0.2, 0.25) is 0 Å². The van der Waals surface area contributed by atoms with Gasteiger partial charge in [-0.2, -0.15) is 0 Å². The number of ketones is 1. The number of amides is 1. The molecule has 1 heterocycles. The number of nitrogens with two attached hydrogens (primary N) is 1. The minimum absolute atomic E-state index is 0.0164. The van der Waals surface area contributed by atoms with E-state index in [1.54, 1.807) is 13.8 Å². The first-order chi connectivity index (χ1) is 8.25. The molecule has 0 aliphatic carbocycles. The van der Waals surface area contributed by atoms with Crippen molar-refractivity contribution in [2.45, 2.75) is 33.6 Å². The fourth-order valence-corrected chi connectivity index (χ4v) is 1.70. The van der Waals surface area contributed by atoms with Gasteiger partial charge in [-0.25, -0.2) is 0 Å². The van der Waals surface area contributed by atoms with Crippen molar-refractivity contribution < 1.29 is 9.59 Å². The molecule has 0 unspecified atom stereocenters. The van der Waals surface area contributed by atoms with Gasteiger partial charge in [-0.15, -0.1) is 0 Å². The van der Waals surface area contributed by atoms with E-state index in [4.69, 9.17) is 5.73 Å². The summed E-state index contributed by atoms with van der Waals surface area (Å²) in [5, 5.41) is 0. The van der Waals surface area contributed by atoms with E-state index in [0.29, 0.717) is 11.3 Å². The zero-order chi connectivity index (χ0) is 14.0. The summed E-state index contributed by atoms with van der Waals surface area (Å²) in [4.78, 5) is 37.5. The molecular weight excluding hydrogens is 232 g/mol. The Morgan fingerprint density at radius 3 is 2.11 bits per heavy atom. The minimum atomic E-state index is -0.829. The Kier molecular flexibility index (Phi) is 4.06. The fraction of sp³-hybridized carbons (Fsp3) is 0.462. The molecule has 3 N–H and O–H groups in total. The number of Topliss-reactive ketones (excluding diaryl/α,β-unsaturated/α-hetero) is 1. The van der Waals surface area contributed by atoms with Crippen LogP contribution in [0.3, 0.4) is 0 Å². The molecule has 0 bridgehead atoms. The molecule has 0 atom stereocenters. The summed E-state index contributed by atoms with van der Waals surface area (Å²) in [6.07, 6.45) is 0. The second-order valence-electron chi connectivity index (χ2n) is 4.88. The molecule has 1 amide bonds. The van der Waals surface area contributed by atoms with Gasteiger partial charge in [-0.05, 0) is 12.0 Å². The van der Waals surface area contributed by atoms with Crippen molar-refractivity contribution in [3.63, 3.8) is 0 Å². The molecular formula is C13H18N2O3. The van der Waals surface area contributed by atoms with Crippen LogP contribution in [0.15, 0.2) is 10.9 Å². The van der Waals surface area contributed by atoms with Crippen molar-refractivity contribution in [3.8, 4) is 0 Å². The predicted octanol–water partition coefficient (Wildman–Crippen LogP) is 1.44. The molecule has 0 fully saturated rings. The first-order valence-electron chi connectivity index (χ1n) is 5.87. The van der Waals surface area contributed by atoms with Crippen LogP contribution in [0.1, 0.15) is 60.0 Å². The van der Waals surface area contributed by atoms with Gasteiger partial charge in [-0.3, -0.25) is 14.4 Å². The molecule has 0 radical (unpaired) electrons. The number of aromatic amines is 1. The molecule has 0 aliphatic heterocycles. The van der Waals surface area contributed by atoms with Crippen LogP contribution in [-0.4, -0.2) is 16.7 Å². The molecule has 5 heteroatoms. The van der Waals surface area contributed by atoms with Crippen molar-refractivity contribution in [2.24, 2.45) is 11.7 Å². The van der Waals surface area contributed by atoms with E-state index in [1.807, 2.05) is 13.8 Å². The molecule has 0 saturated carbocycles. The molecule has 5 nitrogen and oxygen atoms in total. The van der Waals surface area contributed by atoms with E-state index >= 15 is 0 Å². The quantitative estimate of drug-likeness (QED) is 0.792. The van der Waals surface area contributed by atoms with Gasteiger partial charge in [0.05, 0.1) is 0 Å². The molecule has 1 aromatic rings. The molecule has 98 valence electrons. The standard InChI is InChI=1S/C13H18N2O3/c1-6(2)10-8(11(16)7(3)4)5-9(12(14)17)13(18)15-10/h5-7H,1-4H3,(H2,14,17)(H,15,18). The number of carbonyl (C=O) groups excluding carboxylic acids is 2. The summed E-state index contributed by atoms with van der Waals surface area (Å²) in [7, 11) is 0. The Hall–Kier alpha value is -1.91. The molecule has 18 heavy (non-hydrogen) atoms. The largest absolute Gasteiger partial charge is 0.365 e. The van der Waals surface area contributed by atoms with Crippen molar-refractivity contribution in [3.05, 3.63) is 33.2 Å². The van der Waals surface area contributed by atoms with Gasteiger partial charge in [0.1, 0.15) is 5.56 Å². The first-order valence-corrected chi connectivity index (χ1v) is 5.87. The molecule has 0 aliphatic rings. The van der Waals surface area contributed by atoms with Gasteiger partial charge in [-0.1, -0.05) is 27.7 Å². The number of carbonyl (C=O) groups is 2. The van der Waals surface area contributed by atoms with Gasteiger partial charge < -0.3 is 10.7 Å². The fourth-order valence-electron chi connectivity index (χ4n) is 1.70.